The Morgan fingerprint density at radius 1 is 1.23 bits per heavy atom. The molecule has 0 saturated carbocycles. The molecule has 1 N–H and O–H groups in total. The van der Waals surface area contributed by atoms with Gasteiger partial charge in [-0.15, -0.1) is 0 Å². The van der Waals surface area contributed by atoms with Crippen molar-refractivity contribution in [2.45, 2.75) is 6.54 Å². The first-order valence-electron chi connectivity index (χ1n) is 8.37. The summed E-state index contributed by atoms with van der Waals surface area (Å²) in [6.45, 7) is 3.66. The Morgan fingerprint density at radius 3 is 2.77 bits per heavy atom. The predicted octanol–water partition coefficient (Wildman–Crippen LogP) is 3.44. The average Bonchev–Trinajstić information content (AvgIpc) is 2.63. The van der Waals surface area contributed by atoms with Crippen molar-refractivity contribution in [3.8, 4) is 5.75 Å². The molecular weight excluding hydrogens is 403 g/mol. The van der Waals surface area contributed by atoms with Crippen LogP contribution < -0.4 is 10.1 Å². The van der Waals surface area contributed by atoms with Gasteiger partial charge in [-0.25, -0.2) is 4.39 Å². The summed E-state index contributed by atoms with van der Waals surface area (Å²) < 4.78 is 25.0. The molecule has 1 saturated heterocycles. The number of carbonyl (C=O) groups is 1. The van der Waals surface area contributed by atoms with Crippen molar-refractivity contribution < 1.29 is 18.7 Å². The van der Waals surface area contributed by atoms with Gasteiger partial charge >= 0.3 is 0 Å². The highest BCUT2D eigenvalue weighted by Crippen LogP contribution is 2.22. The van der Waals surface area contributed by atoms with Crippen molar-refractivity contribution in [2.75, 3.05) is 38.2 Å². The number of anilines is 1. The molecule has 2 aromatic carbocycles. The number of carbonyl (C=O) groups excluding carboxylic acids is 1. The van der Waals surface area contributed by atoms with Crippen LogP contribution >= 0.6 is 15.9 Å². The summed E-state index contributed by atoms with van der Waals surface area (Å²) in [4.78, 5) is 14.5. The molecule has 1 aliphatic heterocycles. The zero-order valence-electron chi connectivity index (χ0n) is 14.2. The van der Waals surface area contributed by atoms with E-state index in [1.54, 1.807) is 6.07 Å². The molecule has 7 heteroatoms. The third-order valence-electron chi connectivity index (χ3n) is 4.04. The molecule has 5 nitrogen and oxygen atoms in total. The Kier molecular flexibility index (Phi) is 6.60. The lowest BCUT2D eigenvalue weighted by molar-refractivity contribution is -0.118. The normalized spacial score (nSPS) is 14.8. The molecule has 0 bridgehead atoms. The monoisotopic (exact) mass is 422 g/mol. The van der Waals surface area contributed by atoms with E-state index in [4.69, 9.17) is 9.47 Å². The van der Waals surface area contributed by atoms with E-state index in [-0.39, 0.29) is 18.3 Å². The first kappa shape index (κ1) is 18.8. The third-order valence-corrected chi connectivity index (χ3v) is 4.54. The van der Waals surface area contributed by atoms with Crippen molar-refractivity contribution in [1.82, 2.24) is 4.90 Å². The van der Waals surface area contributed by atoms with Crippen LogP contribution in [-0.4, -0.2) is 43.7 Å². The van der Waals surface area contributed by atoms with Crippen LogP contribution in [0.2, 0.25) is 0 Å². The number of benzene rings is 2. The van der Waals surface area contributed by atoms with E-state index in [2.05, 4.69) is 26.1 Å². The van der Waals surface area contributed by atoms with E-state index in [0.29, 0.717) is 4.47 Å². The quantitative estimate of drug-likeness (QED) is 0.774. The fourth-order valence-electron chi connectivity index (χ4n) is 2.70. The second-order valence-electron chi connectivity index (χ2n) is 5.96. The smallest absolute Gasteiger partial charge is 0.262 e. The molecule has 0 aliphatic carbocycles. The standard InChI is InChI=1S/C19H20BrFN2O3/c20-15-5-6-18(16(21)11-15)26-13-19(24)22-17-4-2-1-3-14(17)12-23-7-9-25-10-8-23/h1-6,11H,7-10,12-13H2,(H,22,24). The van der Waals surface area contributed by atoms with Crippen LogP contribution in [0.15, 0.2) is 46.9 Å². The van der Waals surface area contributed by atoms with E-state index in [1.807, 2.05) is 24.3 Å². The van der Waals surface area contributed by atoms with E-state index < -0.39 is 5.82 Å². The molecule has 0 radical (unpaired) electrons. The lowest BCUT2D eigenvalue weighted by atomic mass is 10.1. The van der Waals surface area contributed by atoms with Gasteiger partial charge in [0.15, 0.2) is 18.2 Å². The highest BCUT2D eigenvalue weighted by atomic mass is 79.9. The zero-order valence-corrected chi connectivity index (χ0v) is 15.8. The van der Waals surface area contributed by atoms with Crippen molar-refractivity contribution in [3.63, 3.8) is 0 Å². The van der Waals surface area contributed by atoms with Crippen LogP contribution in [0.1, 0.15) is 5.56 Å². The number of nitrogens with zero attached hydrogens (tertiary/aromatic N) is 1. The van der Waals surface area contributed by atoms with Crippen LogP contribution in [0.3, 0.4) is 0 Å². The number of ether oxygens (including phenoxy) is 2. The van der Waals surface area contributed by atoms with Gasteiger partial charge in [0.05, 0.1) is 13.2 Å². The molecular formula is C19H20BrFN2O3. The number of para-hydroxylation sites is 1. The molecule has 3 rings (SSSR count). The molecule has 0 unspecified atom stereocenters. The van der Waals surface area contributed by atoms with Gasteiger partial charge in [-0.05, 0) is 29.8 Å². The van der Waals surface area contributed by atoms with E-state index in [9.17, 15) is 9.18 Å². The molecule has 0 aromatic heterocycles. The van der Waals surface area contributed by atoms with Crippen molar-refractivity contribution in [1.29, 1.82) is 0 Å². The second-order valence-corrected chi connectivity index (χ2v) is 6.87. The molecule has 2 aromatic rings. The van der Waals surface area contributed by atoms with Crippen molar-refractivity contribution in [3.05, 3.63) is 58.3 Å². The maximum absolute atomic E-state index is 13.7. The van der Waals surface area contributed by atoms with Gasteiger partial charge in [-0.1, -0.05) is 34.1 Å². The first-order chi connectivity index (χ1) is 12.6. The highest BCUT2D eigenvalue weighted by molar-refractivity contribution is 9.10. The van der Waals surface area contributed by atoms with Crippen LogP contribution in [0.4, 0.5) is 10.1 Å². The maximum atomic E-state index is 13.7. The molecule has 1 heterocycles. The first-order valence-corrected chi connectivity index (χ1v) is 9.17. The van der Waals surface area contributed by atoms with Crippen LogP contribution in [-0.2, 0) is 16.1 Å². The van der Waals surface area contributed by atoms with Gasteiger partial charge < -0.3 is 14.8 Å². The number of hydrogen-bond donors (Lipinski definition) is 1. The summed E-state index contributed by atoms with van der Waals surface area (Å²) in [6, 6.07) is 12.1. The second kappa shape index (κ2) is 9.12. The maximum Gasteiger partial charge on any atom is 0.262 e. The topological polar surface area (TPSA) is 50.8 Å². The largest absolute Gasteiger partial charge is 0.481 e. The van der Waals surface area contributed by atoms with E-state index in [0.717, 1.165) is 44.1 Å². The summed E-state index contributed by atoms with van der Waals surface area (Å²) in [5.41, 5.74) is 1.77. The Balaban J connectivity index is 1.58. The highest BCUT2D eigenvalue weighted by Gasteiger charge is 2.14. The number of rotatable bonds is 6. The van der Waals surface area contributed by atoms with Crippen molar-refractivity contribution >= 4 is 27.5 Å². The molecule has 26 heavy (non-hydrogen) atoms. The van der Waals surface area contributed by atoms with Crippen LogP contribution in [0.5, 0.6) is 5.75 Å². The summed E-state index contributed by atoms with van der Waals surface area (Å²) in [7, 11) is 0. The summed E-state index contributed by atoms with van der Waals surface area (Å²) in [5, 5.41) is 2.85. The van der Waals surface area contributed by atoms with Crippen LogP contribution in [0, 0.1) is 5.82 Å². The van der Waals surface area contributed by atoms with Gasteiger partial charge in [0.1, 0.15) is 0 Å². The molecule has 0 spiro atoms. The van der Waals surface area contributed by atoms with Gasteiger partial charge in [0.2, 0.25) is 0 Å². The van der Waals surface area contributed by atoms with Gasteiger partial charge in [-0.3, -0.25) is 9.69 Å². The number of halogens is 2. The minimum absolute atomic E-state index is 0.0463. The number of amides is 1. The predicted molar refractivity (Wildman–Crippen MR) is 101 cm³/mol. The molecule has 0 atom stereocenters. The number of morpholine rings is 1. The summed E-state index contributed by atoms with van der Waals surface area (Å²) in [6.07, 6.45) is 0. The summed E-state index contributed by atoms with van der Waals surface area (Å²) in [5.74, 6) is -0.799. The summed E-state index contributed by atoms with van der Waals surface area (Å²) >= 11 is 3.18. The van der Waals surface area contributed by atoms with Crippen LogP contribution in [0.25, 0.3) is 0 Å². The van der Waals surface area contributed by atoms with E-state index in [1.165, 1.54) is 12.1 Å². The lowest BCUT2D eigenvalue weighted by Gasteiger charge is -2.27. The van der Waals surface area contributed by atoms with Gasteiger partial charge in [0, 0.05) is 29.8 Å². The molecule has 1 amide bonds. The minimum Gasteiger partial charge on any atom is -0.481 e. The SMILES string of the molecule is O=C(COc1ccc(Br)cc1F)Nc1ccccc1CN1CCOCC1. The number of nitrogens with one attached hydrogen (secondary N) is 1. The Morgan fingerprint density at radius 2 is 2.00 bits per heavy atom. The Hall–Kier alpha value is -1.96. The van der Waals surface area contributed by atoms with Crippen molar-refractivity contribution in [2.24, 2.45) is 0 Å². The Bertz CT molecular complexity index is 766. The molecule has 1 fully saturated rings. The number of hydrogen-bond acceptors (Lipinski definition) is 4. The minimum atomic E-state index is -0.514. The van der Waals surface area contributed by atoms with Gasteiger partial charge in [0.25, 0.3) is 5.91 Å². The van der Waals surface area contributed by atoms with E-state index >= 15 is 0 Å². The molecule has 138 valence electrons. The lowest BCUT2D eigenvalue weighted by Crippen LogP contribution is -2.36. The third kappa shape index (κ3) is 5.27. The fraction of sp³-hybridized carbons (Fsp3) is 0.316. The molecule has 1 aliphatic rings. The average molecular weight is 423 g/mol. The van der Waals surface area contributed by atoms with Gasteiger partial charge in [-0.2, -0.15) is 0 Å². The zero-order chi connectivity index (χ0) is 18.4. The Labute approximate surface area is 160 Å². The fourth-order valence-corrected chi connectivity index (χ4v) is 3.04.